The first-order valence-electron chi connectivity index (χ1n) is 7.30. The third-order valence-electron chi connectivity index (χ3n) is 3.74. The van der Waals surface area contributed by atoms with Gasteiger partial charge in [-0.05, 0) is 24.6 Å². The van der Waals surface area contributed by atoms with Crippen LogP contribution in [0.3, 0.4) is 0 Å². The Kier molecular flexibility index (Phi) is 4.36. The fraction of sp³-hybridized carbons (Fsp3) is 0.250. The van der Waals surface area contributed by atoms with E-state index in [1.165, 1.54) is 18.3 Å². The minimum Gasteiger partial charge on any atom is -0.367 e. The van der Waals surface area contributed by atoms with Crippen LogP contribution in [0.5, 0.6) is 0 Å². The lowest BCUT2D eigenvalue weighted by atomic mass is 10.2. The van der Waals surface area contributed by atoms with Gasteiger partial charge in [0.15, 0.2) is 5.82 Å². The van der Waals surface area contributed by atoms with E-state index in [1.807, 2.05) is 4.90 Å². The van der Waals surface area contributed by atoms with Crippen LogP contribution in [0.25, 0.3) is 0 Å². The van der Waals surface area contributed by atoms with Gasteiger partial charge < -0.3 is 15.5 Å². The molecule has 7 heteroatoms. The van der Waals surface area contributed by atoms with Crippen molar-refractivity contribution in [2.45, 2.75) is 12.5 Å². The van der Waals surface area contributed by atoms with Gasteiger partial charge >= 0.3 is 6.03 Å². The van der Waals surface area contributed by atoms with Gasteiger partial charge in [-0.15, -0.1) is 0 Å². The Balaban J connectivity index is 1.57. The average molecular weight is 318 g/mol. The number of amides is 2. The summed E-state index contributed by atoms with van der Waals surface area (Å²) in [5.41, 5.74) is 0.596. The number of urea groups is 1. The van der Waals surface area contributed by atoms with Crippen LogP contribution in [0.4, 0.5) is 25.0 Å². The van der Waals surface area contributed by atoms with Crippen molar-refractivity contribution in [2.24, 2.45) is 0 Å². The molecule has 3 rings (SSSR count). The summed E-state index contributed by atoms with van der Waals surface area (Å²) in [6.45, 7) is 1.16. The Labute approximate surface area is 132 Å². The minimum absolute atomic E-state index is 0.0708. The van der Waals surface area contributed by atoms with Crippen molar-refractivity contribution < 1.29 is 13.6 Å². The third kappa shape index (κ3) is 3.56. The molecule has 0 unspecified atom stereocenters. The number of pyridine rings is 1. The summed E-state index contributed by atoms with van der Waals surface area (Å²) in [4.78, 5) is 17.4. The Morgan fingerprint density at radius 2 is 2.04 bits per heavy atom. The highest BCUT2D eigenvalue weighted by atomic mass is 19.1. The lowest BCUT2D eigenvalue weighted by Gasteiger charge is -2.19. The van der Waals surface area contributed by atoms with Gasteiger partial charge in [0.1, 0.15) is 5.82 Å². The van der Waals surface area contributed by atoms with Gasteiger partial charge in [0.2, 0.25) is 0 Å². The van der Waals surface area contributed by atoms with Gasteiger partial charge in [-0.2, -0.15) is 0 Å². The topological polar surface area (TPSA) is 57.3 Å². The Morgan fingerprint density at radius 1 is 1.22 bits per heavy atom. The van der Waals surface area contributed by atoms with Crippen molar-refractivity contribution in [2.75, 3.05) is 23.3 Å². The predicted molar refractivity (Wildman–Crippen MR) is 83.4 cm³/mol. The molecule has 1 aromatic heterocycles. The summed E-state index contributed by atoms with van der Waals surface area (Å²) in [6, 6.07) is 7.31. The molecule has 2 aromatic rings. The second kappa shape index (κ2) is 6.60. The van der Waals surface area contributed by atoms with E-state index in [9.17, 15) is 13.6 Å². The van der Waals surface area contributed by atoms with Crippen molar-refractivity contribution in [3.8, 4) is 0 Å². The molecule has 0 aliphatic carbocycles. The first-order chi connectivity index (χ1) is 11.1. The van der Waals surface area contributed by atoms with Crippen LogP contribution in [0, 0.1) is 11.6 Å². The Hall–Kier alpha value is -2.70. The highest BCUT2D eigenvalue weighted by Gasteiger charge is 2.25. The number of anilines is 2. The molecule has 2 N–H and O–H groups in total. The van der Waals surface area contributed by atoms with E-state index in [-0.39, 0.29) is 17.5 Å². The van der Waals surface area contributed by atoms with Gasteiger partial charge in [-0.25, -0.2) is 13.6 Å². The van der Waals surface area contributed by atoms with Gasteiger partial charge in [0, 0.05) is 25.3 Å². The summed E-state index contributed by atoms with van der Waals surface area (Å²) in [6.07, 6.45) is 3.12. The molecule has 23 heavy (non-hydrogen) atoms. The molecule has 0 spiro atoms. The SMILES string of the molecule is O=C(Nc1ccncc1F)N[C@@H]1CCN(c2ccccc2F)C1. The number of hydrogen-bond acceptors (Lipinski definition) is 3. The number of nitrogens with one attached hydrogen (secondary N) is 2. The summed E-state index contributed by atoms with van der Waals surface area (Å²) in [5, 5.41) is 5.22. The Bertz CT molecular complexity index is 710. The smallest absolute Gasteiger partial charge is 0.319 e. The molecule has 2 heterocycles. The number of benzene rings is 1. The molecule has 0 saturated carbocycles. The number of hydrogen-bond donors (Lipinski definition) is 2. The van der Waals surface area contributed by atoms with E-state index in [2.05, 4.69) is 15.6 Å². The largest absolute Gasteiger partial charge is 0.367 e. The first kappa shape index (κ1) is 15.2. The Morgan fingerprint density at radius 3 is 2.83 bits per heavy atom. The number of rotatable bonds is 3. The van der Waals surface area contributed by atoms with Gasteiger partial charge in [-0.1, -0.05) is 12.1 Å². The fourth-order valence-electron chi connectivity index (χ4n) is 2.63. The molecule has 120 valence electrons. The molecule has 1 aliphatic rings. The van der Waals surface area contributed by atoms with E-state index < -0.39 is 11.8 Å². The molecule has 0 bridgehead atoms. The standard InChI is InChI=1S/C16H16F2N4O/c17-12-3-1-2-4-15(12)22-8-6-11(10-22)20-16(23)21-14-5-7-19-9-13(14)18/h1-5,7,9,11H,6,8,10H2,(H2,19,20,21,23)/t11-/m1/s1. The molecule has 0 radical (unpaired) electrons. The summed E-state index contributed by atoms with van der Waals surface area (Å²) in [7, 11) is 0. The van der Waals surface area contributed by atoms with E-state index in [0.717, 1.165) is 6.20 Å². The lowest BCUT2D eigenvalue weighted by Crippen LogP contribution is -2.40. The summed E-state index contributed by atoms with van der Waals surface area (Å²) in [5.74, 6) is -0.876. The maximum absolute atomic E-state index is 13.8. The normalized spacial score (nSPS) is 17.1. The quantitative estimate of drug-likeness (QED) is 0.915. The zero-order chi connectivity index (χ0) is 16.2. The monoisotopic (exact) mass is 318 g/mol. The molecule has 1 aliphatic heterocycles. The van der Waals surface area contributed by atoms with Crippen LogP contribution >= 0.6 is 0 Å². The molecular weight excluding hydrogens is 302 g/mol. The molecule has 5 nitrogen and oxygen atoms in total. The molecule has 1 atom stereocenters. The number of carbonyl (C=O) groups is 1. The maximum atomic E-state index is 13.8. The third-order valence-corrected chi connectivity index (χ3v) is 3.74. The van der Waals surface area contributed by atoms with Crippen molar-refractivity contribution in [3.63, 3.8) is 0 Å². The number of carbonyl (C=O) groups excluding carboxylic acids is 1. The number of para-hydroxylation sites is 1. The molecule has 1 saturated heterocycles. The minimum atomic E-state index is -0.595. The molecular formula is C16H16F2N4O. The van der Waals surface area contributed by atoms with E-state index in [1.54, 1.807) is 18.2 Å². The van der Waals surface area contributed by atoms with Crippen molar-refractivity contribution in [1.82, 2.24) is 10.3 Å². The number of aromatic nitrogens is 1. The van der Waals surface area contributed by atoms with Gasteiger partial charge in [0.05, 0.1) is 17.6 Å². The van der Waals surface area contributed by atoms with Crippen molar-refractivity contribution >= 4 is 17.4 Å². The van der Waals surface area contributed by atoms with E-state index in [0.29, 0.717) is 25.2 Å². The first-order valence-corrected chi connectivity index (χ1v) is 7.30. The van der Waals surface area contributed by atoms with E-state index >= 15 is 0 Å². The van der Waals surface area contributed by atoms with Gasteiger partial charge in [-0.3, -0.25) is 4.98 Å². The maximum Gasteiger partial charge on any atom is 0.319 e. The number of nitrogens with zero attached hydrogens (tertiary/aromatic N) is 2. The lowest BCUT2D eigenvalue weighted by molar-refractivity contribution is 0.249. The predicted octanol–water partition coefficient (Wildman–Crippen LogP) is 2.76. The summed E-state index contributed by atoms with van der Waals surface area (Å²) < 4.78 is 27.2. The second-order valence-corrected chi connectivity index (χ2v) is 5.34. The van der Waals surface area contributed by atoms with Crippen LogP contribution < -0.4 is 15.5 Å². The second-order valence-electron chi connectivity index (χ2n) is 5.34. The average Bonchev–Trinajstić information content (AvgIpc) is 2.98. The highest BCUT2D eigenvalue weighted by molar-refractivity contribution is 5.89. The van der Waals surface area contributed by atoms with Crippen molar-refractivity contribution in [1.29, 1.82) is 0 Å². The van der Waals surface area contributed by atoms with Crippen LogP contribution in [0.15, 0.2) is 42.7 Å². The zero-order valence-corrected chi connectivity index (χ0v) is 12.3. The van der Waals surface area contributed by atoms with Crippen molar-refractivity contribution in [3.05, 3.63) is 54.4 Å². The molecule has 1 fully saturated rings. The zero-order valence-electron chi connectivity index (χ0n) is 12.3. The summed E-state index contributed by atoms with van der Waals surface area (Å²) >= 11 is 0. The highest BCUT2D eigenvalue weighted by Crippen LogP contribution is 2.23. The van der Waals surface area contributed by atoms with Crippen LogP contribution in [0.1, 0.15) is 6.42 Å². The van der Waals surface area contributed by atoms with Crippen LogP contribution in [-0.4, -0.2) is 30.1 Å². The van der Waals surface area contributed by atoms with E-state index in [4.69, 9.17) is 0 Å². The fourth-order valence-corrected chi connectivity index (χ4v) is 2.63. The molecule has 2 amide bonds. The number of halogens is 2. The molecule has 1 aromatic carbocycles. The van der Waals surface area contributed by atoms with Crippen LogP contribution in [-0.2, 0) is 0 Å². The van der Waals surface area contributed by atoms with Crippen LogP contribution in [0.2, 0.25) is 0 Å². The van der Waals surface area contributed by atoms with Gasteiger partial charge in [0.25, 0.3) is 0 Å².